The van der Waals surface area contributed by atoms with Gasteiger partial charge in [0.05, 0.1) is 30.1 Å². The quantitative estimate of drug-likeness (QED) is 0.707. The number of aryl methyl sites for hydroxylation is 1. The van der Waals surface area contributed by atoms with Gasteiger partial charge < -0.3 is 14.5 Å². The highest BCUT2D eigenvalue weighted by Crippen LogP contribution is 2.27. The van der Waals surface area contributed by atoms with Crippen molar-refractivity contribution in [3.05, 3.63) is 35.8 Å². The van der Waals surface area contributed by atoms with Gasteiger partial charge in [-0.15, -0.1) is 0 Å². The summed E-state index contributed by atoms with van der Waals surface area (Å²) in [6.45, 7) is 8.89. The molecule has 0 bridgehead atoms. The summed E-state index contributed by atoms with van der Waals surface area (Å²) in [5.41, 5.74) is 3.09. The lowest BCUT2D eigenvalue weighted by molar-refractivity contribution is -0.145. The topological polar surface area (TPSA) is 80.6 Å². The molecule has 1 amide bonds. The van der Waals surface area contributed by atoms with E-state index in [1.807, 2.05) is 41.6 Å². The Morgan fingerprint density at radius 3 is 2.50 bits per heavy atom. The molecule has 0 unspecified atom stereocenters. The van der Waals surface area contributed by atoms with Crippen LogP contribution >= 0.6 is 0 Å². The second-order valence-electron chi connectivity index (χ2n) is 6.79. The van der Waals surface area contributed by atoms with Crippen LogP contribution in [0.2, 0.25) is 0 Å². The molecule has 2 aromatic rings. The maximum Gasteiger partial charge on any atom is 0.306 e. The van der Waals surface area contributed by atoms with E-state index >= 15 is 0 Å². The van der Waals surface area contributed by atoms with E-state index < -0.39 is 0 Å². The maximum atomic E-state index is 12.3. The molecule has 0 saturated carbocycles. The van der Waals surface area contributed by atoms with Crippen molar-refractivity contribution >= 4 is 17.6 Å². The average molecular weight is 385 g/mol. The number of piperazine rings is 1. The van der Waals surface area contributed by atoms with Crippen LogP contribution in [0.1, 0.15) is 31.2 Å². The third kappa shape index (κ3) is 4.32. The van der Waals surface area contributed by atoms with Crippen molar-refractivity contribution in [1.29, 1.82) is 0 Å². The number of esters is 1. The number of amides is 1. The fourth-order valence-electron chi connectivity index (χ4n) is 3.57. The summed E-state index contributed by atoms with van der Waals surface area (Å²) in [6.07, 6.45) is 2.10. The van der Waals surface area contributed by atoms with Crippen LogP contribution in [-0.2, 0) is 14.3 Å². The van der Waals surface area contributed by atoms with Gasteiger partial charge in [-0.25, -0.2) is 9.67 Å². The van der Waals surface area contributed by atoms with Gasteiger partial charge in [-0.05, 0) is 32.9 Å². The van der Waals surface area contributed by atoms with Gasteiger partial charge in [0.15, 0.2) is 5.82 Å². The minimum atomic E-state index is -0.317. The number of anilines is 1. The van der Waals surface area contributed by atoms with E-state index in [0.29, 0.717) is 19.7 Å². The molecular formula is C20H27N5O3. The molecule has 1 aliphatic rings. The largest absolute Gasteiger partial charge is 0.466 e. The van der Waals surface area contributed by atoms with Crippen LogP contribution in [0.3, 0.4) is 0 Å². The van der Waals surface area contributed by atoms with Gasteiger partial charge in [0.2, 0.25) is 5.91 Å². The zero-order valence-corrected chi connectivity index (χ0v) is 16.7. The van der Waals surface area contributed by atoms with Gasteiger partial charge in [-0.2, -0.15) is 5.10 Å². The van der Waals surface area contributed by atoms with Gasteiger partial charge in [0.1, 0.15) is 0 Å². The normalized spacial score (nSPS) is 14.2. The summed E-state index contributed by atoms with van der Waals surface area (Å²) < 4.78 is 6.75. The second-order valence-corrected chi connectivity index (χ2v) is 6.79. The highest BCUT2D eigenvalue weighted by atomic mass is 16.5. The van der Waals surface area contributed by atoms with Crippen LogP contribution in [0.25, 0.3) is 5.82 Å². The first kappa shape index (κ1) is 19.9. The van der Waals surface area contributed by atoms with Crippen LogP contribution < -0.4 is 4.90 Å². The third-order valence-electron chi connectivity index (χ3n) is 4.92. The molecule has 1 fully saturated rings. The molecule has 0 spiro atoms. The number of rotatable bonds is 6. The molecule has 8 heteroatoms. The minimum absolute atomic E-state index is 0.00493. The molecule has 3 rings (SSSR count). The summed E-state index contributed by atoms with van der Waals surface area (Å²) in [5.74, 6) is 0.482. The Kier molecular flexibility index (Phi) is 6.28. The van der Waals surface area contributed by atoms with E-state index in [0.717, 1.165) is 36.0 Å². The maximum absolute atomic E-state index is 12.3. The summed E-state index contributed by atoms with van der Waals surface area (Å²) in [7, 11) is 0. The Hall–Kier alpha value is -2.90. The van der Waals surface area contributed by atoms with Gasteiger partial charge >= 0.3 is 5.97 Å². The Bertz CT molecular complexity index is 826. The Morgan fingerprint density at radius 1 is 1.11 bits per heavy atom. The van der Waals surface area contributed by atoms with Crippen LogP contribution in [0.4, 0.5) is 5.69 Å². The van der Waals surface area contributed by atoms with Crippen LogP contribution in [-0.4, -0.2) is 64.3 Å². The fraction of sp³-hybridized carbons (Fsp3) is 0.500. The van der Waals surface area contributed by atoms with Crippen molar-refractivity contribution in [1.82, 2.24) is 19.7 Å². The van der Waals surface area contributed by atoms with Crippen molar-refractivity contribution in [3.8, 4) is 5.82 Å². The van der Waals surface area contributed by atoms with Crippen molar-refractivity contribution < 1.29 is 14.3 Å². The first-order valence-corrected chi connectivity index (χ1v) is 9.67. The van der Waals surface area contributed by atoms with E-state index in [4.69, 9.17) is 4.74 Å². The number of hydrogen-bond donors (Lipinski definition) is 0. The molecule has 2 aromatic heterocycles. The number of hydrogen-bond acceptors (Lipinski definition) is 6. The molecule has 0 N–H and O–H groups in total. The van der Waals surface area contributed by atoms with E-state index in [1.165, 1.54) is 0 Å². The van der Waals surface area contributed by atoms with Crippen LogP contribution in [0.5, 0.6) is 0 Å². The number of ether oxygens (including phenoxy) is 1. The van der Waals surface area contributed by atoms with E-state index in [1.54, 1.807) is 13.1 Å². The van der Waals surface area contributed by atoms with Crippen molar-refractivity contribution in [3.63, 3.8) is 0 Å². The lowest BCUT2D eigenvalue weighted by Crippen LogP contribution is -2.49. The van der Waals surface area contributed by atoms with Crippen LogP contribution in [0.15, 0.2) is 24.4 Å². The van der Waals surface area contributed by atoms with Gasteiger partial charge in [0, 0.05) is 38.8 Å². The Labute approximate surface area is 165 Å². The molecule has 1 saturated heterocycles. The lowest BCUT2D eigenvalue weighted by Gasteiger charge is -2.36. The second kappa shape index (κ2) is 8.86. The standard InChI is InChI=1S/C20H27N5O3/c1-4-28-19(27)9-8-18(26)23-11-13-24(14-12-23)20-15(2)22-25(16(20)3)17-7-5-6-10-21-17/h5-7,10H,4,8-9,11-14H2,1-3H3. The summed E-state index contributed by atoms with van der Waals surface area (Å²) in [6, 6.07) is 5.76. The predicted octanol–water partition coefficient (Wildman–Crippen LogP) is 1.88. The molecule has 0 aromatic carbocycles. The highest BCUT2D eigenvalue weighted by Gasteiger charge is 2.25. The molecule has 0 radical (unpaired) electrons. The third-order valence-corrected chi connectivity index (χ3v) is 4.92. The van der Waals surface area contributed by atoms with E-state index in [-0.39, 0.29) is 24.7 Å². The van der Waals surface area contributed by atoms with Crippen molar-refractivity contribution in [2.75, 3.05) is 37.7 Å². The van der Waals surface area contributed by atoms with Crippen molar-refractivity contribution in [2.24, 2.45) is 0 Å². The smallest absolute Gasteiger partial charge is 0.306 e. The molecule has 150 valence electrons. The SMILES string of the molecule is CCOC(=O)CCC(=O)N1CCN(c2c(C)nn(-c3ccccn3)c2C)CC1. The molecule has 8 nitrogen and oxygen atoms in total. The Balaban J connectivity index is 1.62. The summed E-state index contributed by atoms with van der Waals surface area (Å²) in [4.78, 5) is 32.3. The first-order chi connectivity index (χ1) is 13.5. The molecule has 0 atom stereocenters. The zero-order valence-electron chi connectivity index (χ0n) is 16.7. The molecule has 0 aliphatic carbocycles. The predicted molar refractivity (Wildman–Crippen MR) is 105 cm³/mol. The highest BCUT2D eigenvalue weighted by molar-refractivity contribution is 5.81. The number of pyridine rings is 1. The van der Waals surface area contributed by atoms with Gasteiger partial charge in [-0.3, -0.25) is 9.59 Å². The average Bonchev–Trinajstić information content (AvgIpc) is 3.01. The first-order valence-electron chi connectivity index (χ1n) is 9.67. The molecule has 1 aliphatic heterocycles. The number of nitrogens with zero attached hydrogens (tertiary/aromatic N) is 5. The molecular weight excluding hydrogens is 358 g/mol. The zero-order chi connectivity index (χ0) is 20.1. The summed E-state index contributed by atoms with van der Waals surface area (Å²) in [5, 5.41) is 4.66. The molecule has 28 heavy (non-hydrogen) atoms. The lowest BCUT2D eigenvalue weighted by atomic mass is 10.2. The Morgan fingerprint density at radius 2 is 1.86 bits per heavy atom. The van der Waals surface area contributed by atoms with E-state index in [9.17, 15) is 9.59 Å². The number of aromatic nitrogens is 3. The molecule has 3 heterocycles. The van der Waals surface area contributed by atoms with Crippen LogP contribution in [0, 0.1) is 13.8 Å². The fourth-order valence-corrected chi connectivity index (χ4v) is 3.57. The van der Waals surface area contributed by atoms with Crippen molar-refractivity contribution in [2.45, 2.75) is 33.6 Å². The number of carbonyl (C=O) groups excluding carboxylic acids is 2. The summed E-state index contributed by atoms with van der Waals surface area (Å²) >= 11 is 0. The minimum Gasteiger partial charge on any atom is -0.466 e. The monoisotopic (exact) mass is 385 g/mol. The van der Waals surface area contributed by atoms with E-state index in [2.05, 4.69) is 15.0 Å². The van der Waals surface area contributed by atoms with Gasteiger partial charge in [0.25, 0.3) is 0 Å². The number of carbonyl (C=O) groups is 2. The van der Waals surface area contributed by atoms with Gasteiger partial charge in [-0.1, -0.05) is 6.07 Å².